The van der Waals surface area contributed by atoms with Gasteiger partial charge in [-0.05, 0) is 42.7 Å². The number of hydrogen-bond acceptors (Lipinski definition) is 4. The van der Waals surface area contributed by atoms with Crippen LogP contribution in [0.3, 0.4) is 0 Å². The summed E-state index contributed by atoms with van der Waals surface area (Å²) in [6.45, 7) is 1.76. The average molecular weight is 390 g/mol. The van der Waals surface area contributed by atoms with Gasteiger partial charge in [-0.2, -0.15) is 0 Å². The maximum Gasteiger partial charge on any atom is 0.303 e. The lowest BCUT2D eigenvalue weighted by Gasteiger charge is -2.12. The van der Waals surface area contributed by atoms with E-state index in [-0.39, 0.29) is 23.4 Å². The highest BCUT2D eigenvalue weighted by molar-refractivity contribution is 7.92. The van der Waals surface area contributed by atoms with Crippen molar-refractivity contribution in [2.45, 2.75) is 26.2 Å². The molecule has 0 bridgehead atoms. The molecular weight excluding hydrogens is 368 g/mol. The number of benzene rings is 2. The third-order valence-corrected chi connectivity index (χ3v) is 5.23. The van der Waals surface area contributed by atoms with Crippen LogP contribution >= 0.6 is 0 Å². The van der Waals surface area contributed by atoms with Crippen LogP contribution in [0.4, 0.5) is 11.4 Å². The van der Waals surface area contributed by atoms with Gasteiger partial charge in [-0.25, -0.2) is 8.42 Å². The molecule has 0 aromatic heterocycles. The second-order valence-electron chi connectivity index (χ2n) is 6.01. The van der Waals surface area contributed by atoms with Crippen molar-refractivity contribution in [2.24, 2.45) is 0 Å². The number of carboxylic acids is 1. The molecule has 0 atom stereocenters. The van der Waals surface area contributed by atoms with Gasteiger partial charge in [-0.3, -0.25) is 14.3 Å². The fourth-order valence-corrected chi connectivity index (χ4v) is 3.61. The molecule has 3 N–H and O–H groups in total. The molecule has 0 saturated heterocycles. The quantitative estimate of drug-likeness (QED) is 0.609. The van der Waals surface area contributed by atoms with Gasteiger partial charge < -0.3 is 10.4 Å². The predicted molar refractivity (Wildman–Crippen MR) is 104 cm³/mol. The van der Waals surface area contributed by atoms with E-state index in [4.69, 9.17) is 5.11 Å². The van der Waals surface area contributed by atoms with Crippen molar-refractivity contribution in [2.75, 3.05) is 15.8 Å². The molecule has 0 heterocycles. The Hall–Kier alpha value is -2.87. The lowest BCUT2D eigenvalue weighted by molar-refractivity contribution is -0.136. The smallest absolute Gasteiger partial charge is 0.303 e. The molecule has 27 heavy (non-hydrogen) atoms. The Morgan fingerprint density at radius 1 is 1.04 bits per heavy atom. The number of carboxylic acid groups (broad SMARTS) is 1. The second-order valence-corrected chi connectivity index (χ2v) is 7.85. The molecular formula is C19H22N2O5S. The fraction of sp³-hybridized carbons (Fsp3) is 0.263. The maximum absolute atomic E-state index is 12.6. The first-order chi connectivity index (χ1) is 12.8. The van der Waals surface area contributed by atoms with Crippen LogP contribution in [0.5, 0.6) is 0 Å². The van der Waals surface area contributed by atoms with E-state index in [0.29, 0.717) is 18.5 Å². The molecule has 0 fully saturated rings. The zero-order chi connectivity index (χ0) is 19.9. The number of sulfonamides is 1. The van der Waals surface area contributed by atoms with Gasteiger partial charge in [0.15, 0.2) is 0 Å². The summed E-state index contributed by atoms with van der Waals surface area (Å²) in [6.07, 6.45) is 0.917. The molecule has 7 nitrogen and oxygen atoms in total. The summed E-state index contributed by atoms with van der Waals surface area (Å²) >= 11 is 0. The van der Waals surface area contributed by atoms with Crippen molar-refractivity contribution in [1.82, 2.24) is 0 Å². The highest BCUT2D eigenvalue weighted by Crippen LogP contribution is 2.19. The van der Waals surface area contributed by atoms with Crippen molar-refractivity contribution in [3.05, 3.63) is 59.7 Å². The third-order valence-electron chi connectivity index (χ3n) is 3.75. The number of amides is 1. The molecule has 0 aliphatic carbocycles. The van der Waals surface area contributed by atoms with Crippen LogP contribution < -0.4 is 10.0 Å². The van der Waals surface area contributed by atoms with Crippen LogP contribution in [0, 0.1) is 0 Å². The van der Waals surface area contributed by atoms with Gasteiger partial charge in [0.25, 0.3) is 5.91 Å². The first-order valence-corrected chi connectivity index (χ1v) is 10.2. The minimum absolute atomic E-state index is 0.0270. The Kier molecular flexibility index (Phi) is 6.95. The summed E-state index contributed by atoms with van der Waals surface area (Å²) in [7, 11) is -3.51. The van der Waals surface area contributed by atoms with Gasteiger partial charge in [0, 0.05) is 12.1 Å². The Morgan fingerprint density at radius 2 is 1.70 bits per heavy atom. The van der Waals surface area contributed by atoms with Gasteiger partial charge in [0.05, 0.1) is 17.0 Å². The highest BCUT2D eigenvalue weighted by Gasteiger charge is 2.16. The number of para-hydroxylation sites is 1. The summed E-state index contributed by atoms with van der Waals surface area (Å²) in [6, 6.07) is 13.2. The largest absolute Gasteiger partial charge is 0.481 e. The summed E-state index contributed by atoms with van der Waals surface area (Å²) in [4.78, 5) is 23.2. The fourth-order valence-electron chi connectivity index (χ4n) is 2.46. The van der Waals surface area contributed by atoms with Gasteiger partial charge in [0.1, 0.15) is 0 Å². The van der Waals surface area contributed by atoms with E-state index in [1.807, 2.05) is 0 Å². The summed E-state index contributed by atoms with van der Waals surface area (Å²) in [5, 5.41) is 11.4. The van der Waals surface area contributed by atoms with E-state index < -0.39 is 21.9 Å². The minimum atomic E-state index is -3.51. The molecule has 0 aliphatic rings. The SMILES string of the molecule is CCCS(=O)(=O)Nc1ccccc1C(=O)Nc1ccc(CCC(=O)O)cc1. The highest BCUT2D eigenvalue weighted by atomic mass is 32.2. The minimum Gasteiger partial charge on any atom is -0.481 e. The third kappa shape index (κ3) is 6.41. The second kappa shape index (κ2) is 9.18. The first-order valence-electron chi connectivity index (χ1n) is 8.52. The van der Waals surface area contributed by atoms with Gasteiger partial charge in [-0.1, -0.05) is 31.2 Å². The van der Waals surface area contributed by atoms with E-state index >= 15 is 0 Å². The van der Waals surface area contributed by atoms with Gasteiger partial charge >= 0.3 is 5.97 Å². The molecule has 144 valence electrons. The number of hydrogen-bond donors (Lipinski definition) is 3. The van der Waals surface area contributed by atoms with Crippen LogP contribution in [0.1, 0.15) is 35.7 Å². The molecule has 2 rings (SSSR count). The van der Waals surface area contributed by atoms with Crippen LogP contribution in [-0.4, -0.2) is 31.2 Å². The van der Waals surface area contributed by atoms with Crippen LogP contribution in [0.15, 0.2) is 48.5 Å². The van der Waals surface area contributed by atoms with Gasteiger partial charge in [0.2, 0.25) is 10.0 Å². The number of carbonyl (C=O) groups excluding carboxylic acids is 1. The van der Waals surface area contributed by atoms with E-state index in [2.05, 4.69) is 10.0 Å². The molecule has 0 saturated carbocycles. The number of nitrogens with one attached hydrogen (secondary N) is 2. The van der Waals surface area contributed by atoms with E-state index in [0.717, 1.165) is 5.56 Å². The summed E-state index contributed by atoms with van der Waals surface area (Å²) in [5.41, 5.74) is 1.82. The lowest BCUT2D eigenvalue weighted by Crippen LogP contribution is -2.20. The standard InChI is InChI=1S/C19H22N2O5S/c1-2-13-27(25,26)21-17-6-4-3-5-16(17)19(24)20-15-10-7-14(8-11-15)9-12-18(22)23/h3-8,10-11,21H,2,9,12-13H2,1H3,(H,20,24)(H,22,23). The molecule has 0 aliphatic heterocycles. The van der Waals surface area contributed by atoms with E-state index in [1.165, 1.54) is 6.07 Å². The number of aryl methyl sites for hydroxylation is 1. The molecule has 0 spiro atoms. The molecule has 0 unspecified atom stereocenters. The van der Waals surface area contributed by atoms with Crippen LogP contribution in [0.2, 0.25) is 0 Å². The van der Waals surface area contributed by atoms with Crippen molar-refractivity contribution in [1.29, 1.82) is 0 Å². The zero-order valence-electron chi connectivity index (χ0n) is 14.9. The Bertz CT molecular complexity index is 908. The first kappa shape index (κ1) is 20.4. The van der Waals surface area contributed by atoms with Gasteiger partial charge in [-0.15, -0.1) is 0 Å². The topological polar surface area (TPSA) is 113 Å². The number of anilines is 2. The molecule has 1 amide bonds. The molecule has 8 heteroatoms. The van der Waals surface area contributed by atoms with Crippen LogP contribution in [0.25, 0.3) is 0 Å². The van der Waals surface area contributed by atoms with Crippen LogP contribution in [-0.2, 0) is 21.2 Å². The number of carbonyl (C=O) groups is 2. The van der Waals surface area contributed by atoms with Crippen molar-refractivity contribution in [3.8, 4) is 0 Å². The monoisotopic (exact) mass is 390 g/mol. The molecule has 0 radical (unpaired) electrons. The Labute approximate surface area is 158 Å². The number of aliphatic carboxylic acids is 1. The number of rotatable bonds is 9. The summed E-state index contributed by atoms with van der Waals surface area (Å²) < 4.78 is 26.4. The lowest BCUT2D eigenvalue weighted by atomic mass is 10.1. The van der Waals surface area contributed by atoms with Crippen molar-refractivity contribution >= 4 is 33.3 Å². The Balaban J connectivity index is 2.11. The van der Waals surface area contributed by atoms with E-state index in [9.17, 15) is 18.0 Å². The Morgan fingerprint density at radius 3 is 2.33 bits per heavy atom. The summed E-state index contributed by atoms with van der Waals surface area (Å²) in [5.74, 6) is -1.33. The average Bonchev–Trinajstić information content (AvgIpc) is 2.61. The predicted octanol–water partition coefficient (Wildman–Crippen LogP) is 3.11. The molecule has 2 aromatic rings. The molecule has 2 aromatic carbocycles. The maximum atomic E-state index is 12.6. The van der Waals surface area contributed by atoms with Crippen molar-refractivity contribution in [3.63, 3.8) is 0 Å². The normalized spacial score (nSPS) is 11.0. The zero-order valence-corrected chi connectivity index (χ0v) is 15.8. The van der Waals surface area contributed by atoms with Crippen molar-refractivity contribution < 1.29 is 23.1 Å². The van der Waals surface area contributed by atoms with E-state index in [1.54, 1.807) is 49.4 Å².